The third-order valence-corrected chi connectivity index (χ3v) is 5.65. The van der Waals surface area contributed by atoms with E-state index in [4.69, 9.17) is 0 Å². The van der Waals surface area contributed by atoms with Crippen LogP contribution in [0.5, 0.6) is 0 Å². The fourth-order valence-electron chi connectivity index (χ4n) is 2.77. The SMILES string of the molecule is Cc1ccc(-n2c(SCCNS(C)(=O)=O)nnc2N2CCCC2)cc1. The first-order valence-corrected chi connectivity index (χ1v) is 11.2. The molecule has 0 unspecified atom stereocenters. The highest BCUT2D eigenvalue weighted by molar-refractivity contribution is 7.99. The molecule has 1 aromatic carbocycles. The third kappa shape index (κ3) is 4.74. The molecule has 2 aromatic rings. The second kappa shape index (κ2) is 7.76. The van der Waals surface area contributed by atoms with Crippen molar-refractivity contribution >= 4 is 27.7 Å². The first-order valence-electron chi connectivity index (χ1n) is 8.29. The van der Waals surface area contributed by atoms with Crippen LogP contribution < -0.4 is 9.62 Å². The predicted octanol–water partition coefficient (Wildman–Crippen LogP) is 1.82. The average Bonchev–Trinajstić information content (AvgIpc) is 3.21. The van der Waals surface area contributed by atoms with E-state index in [2.05, 4.69) is 55.6 Å². The van der Waals surface area contributed by atoms with E-state index in [1.807, 2.05) is 0 Å². The van der Waals surface area contributed by atoms with Gasteiger partial charge in [0, 0.05) is 25.4 Å². The van der Waals surface area contributed by atoms with E-state index >= 15 is 0 Å². The molecule has 9 heteroatoms. The van der Waals surface area contributed by atoms with Gasteiger partial charge in [-0.2, -0.15) is 0 Å². The molecule has 136 valence electrons. The Kier molecular flexibility index (Phi) is 5.65. The van der Waals surface area contributed by atoms with Crippen LogP contribution in [0.4, 0.5) is 5.95 Å². The Morgan fingerprint density at radius 1 is 1.16 bits per heavy atom. The lowest BCUT2D eigenvalue weighted by Gasteiger charge is -2.18. The molecule has 25 heavy (non-hydrogen) atoms. The highest BCUT2D eigenvalue weighted by Gasteiger charge is 2.22. The van der Waals surface area contributed by atoms with Crippen molar-refractivity contribution in [2.75, 3.05) is 36.5 Å². The van der Waals surface area contributed by atoms with Crippen LogP contribution in [-0.2, 0) is 10.0 Å². The zero-order valence-corrected chi connectivity index (χ0v) is 16.1. The van der Waals surface area contributed by atoms with Crippen molar-refractivity contribution in [2.45, 2.75) is 24.9 Å². The Labute approximate surface area is 152 Å². The lowest BCUT2D eigenvalue weighted by Crippen LogP contribution is -2.24. The largest absolute Gasteiger partial charge is 0.341 e. The number of hydrogen-bond donors (Lipinski definition) is 1. The highest BCUT2D eigenvalue weighted by Crippen LogP contribution is 2.28. The minimum absolute atomic E-state index is 0.364. The topological polar surface area (TPSA) is 80.1 Å². The number of rotatable bonds is 7. The molecule has 1 aliphatic rings. The third-order valence-electron chi connectivity index (χ3n) is 3.99. The Morgan fingerprint density at radius 2 is 1.84 bits per heavy atom. The highest BCUT2D eigenvalue weighted by atomic mass is 32.2. The summed E-state index contributed by atoms with van der Waals surface area (Å²) in [4.78, 5) is 2.26. The van der Waals surface area contributed by atoms with Gasteiger partial charge < -0.3 is 4.90 Å². The molecule has 3 rings (SSSR count). The van der Waals surface area contributed by atoms with Gasteiger partial charge in [0.25, 0.3) is 0 Å². The van der Waals surface area contributed by atoms with Gasteiger partial charge in [-0.25, -0.2) is 13.1 Å². The molecular formula is C16H23N5O2S2. The Balaban J connectivity index is 1.83. The summed E-state index contributed by atoms with van der Waals surface area (Å²) in [7, 11) is -3.17. The van der Waals surface area contributed by atoms with Crippen LogP contribution in [0.3, 0.4) is 0 Å². The van der Waals surface area contributed by atoms with Crippen LogP contribution in [-0.4, -0.2) is 54.8 Å². The fraction of sp³-hybridized carbons (Fsp3) is 0.500. The number of thioether (sulfide) groups is 1. The zero-order valence-electron chi connectivity index (χ0n) is 14.5. The maximum absolute atomic E-state index is 11.2. The van der Waals surface area contributed by atoms with Gasteiger partial charge in [-0.05, 0) is 31.9 Å². The molecule has 2 heterocycles. The summed E-state index contributed by atoms with van der Waals surface area (Å²) in [6.45, 7) is 4.40. The lowest BCUT2D eigenvalue weighted by atomic mass is 10.2. The number of sulfonamides is 1. The normalized spacial score (nSPS) is 15.0. The van der Waals surface area contributed by atoms with Crippen LogP contribution in [0.1, 0.15) is 18.4 Å². The molecule has 1 saturated heterocycles. The van der Waals surface area contributed by atoms with Gasteiger partial charge in [0.1, 0.15) is 0 Å². The number of benzene rings is 1. The van der Waals surface area contributed by atoms with Crippen LogP contribution >= 0.6 is 11.8 Å². The summed E-state index contributed by atoms with van der Waals surface area (Å²) in [6, 6.07) is 8.28. The van der Waals surface area contributed by atoms with Gasteiger partial charge in [0.15, 0.2) is 5.16 Å². The zero-order chi connectivity index (χ0) is 17.9. The molecule has 0 bridgehead atoms. The minimum atomic E-state index is -3.17. The van der Waals surface area contributed by atoms with Gasteiger partial charge in [-0.15, -0.1) is 10.2 Å². The average molecular weight is 382 g/mol. The van der Waals surface area contributed by atoms with Crippen molar-refractivity contribution in [2.24, 2.45) is 0 Å². The van der Waals surface area contributed by atoms with Gasteiger partial charge in [0.05, 0.1) is 11.9 Å². The summed E-state index contributed by atoms with van der Waals surface area (Å²) in [6.07, 6.45) is 3.50. The number of nitrogens with one attached hydrogen (secondary N) is 1. The lowest BCUT2D eigenvalue weighted by molar-refractivity contribution is 0.590. The smallest absolute Gasteiger partial charge is 0.232 e. The van der Waals surface area contributed by atoms with E-state index < -0.39 is 10.0 Å². The Bertz CT molecular complexity index is 812. The molecule has 0 aliphatic carbocycles. The molecule has 0 spiro atoms. The first kappa shape index (κ1) is 18.2. The quantitative estimate of drug-likeness (QED) is 0.582. The van der Waals surface area contributed by atoms with Crippen molar-refractivity contribution in [3.05, 3.63) is 29.8 Å². The second-order valence-electron chi connectivity index (χ2n) is 6.16. The maximum atomic E-state index is 11.2. The summed E-state index contributed by atoms with van der Waals surface area (Å²) in [5.74, 6) is 1.46. The summed E-state index contributed by atoms with van der Waals surface area (Å²) >= 11 is 1.50. The van der Waals surface area contributed by atoms with Crippen LogP contribution in [0.2, 0.25) is 0 Å². The molecule has 1 aliphatic heterocycles. The Morgan fingerprint density at radius 3 is 2.48 bits per heavy atom. The van der Waals surface area contributed by atoms with E-state index in [9.17, 15) is 8.42 Å². The second-order valence-corrected chi connectivity index (χ2v) is 9.06. The van der Waals surface area contributed by atoms with Gasteiger partial charge in [-0.3, -0.25) is 4.57 Å². The molecule has 1 N–H and O–H groups in total. The first-order chi connectivity index (χ1) is 11.9. The van der Waals surface area contributed by atoms with Gasteiger partial charge in [0.2, 0.25) is 16.0 Å². The van der Waals surface area contributed by atoms with E-state index in [0.717, 1.165) is 36.1 Å². The maximum Gasteiger partial charge on any atom is 0.232 e. The number of aromatic nitrogens is 3. The van der Waals surface area contributed by atoms with Gasteiger partial charge >= 0.3 is 0 Å². The van der Waals surface area contributed by atoms with Crippen molar-refractivity contribution in [1.82, 2.24) is 19.5 Å². The minimum Gasteiger partial charge on any atom is -0.341 e. The van der Waals surface area contributed by atoms with Crippen molar-refractivity contribution in [1.29, 1.82) is 0 Å². The predicted molar refractivity (Wildman–Crippen MR) is 101 cm³/mol. The molecule has 0 radical (unpaired) electrons. The molecular weight excluding hydrogens is 358 g/mol. The molecule has 0 amide bonds. The summed E-state index contributed by atoms with van der Waals surface area (Å²) < 4.78 is 26.9. The molecule has 0 saturated carbocycles. The summed E-state index contributed by atoms with van der Waals surface area (Å²) in [5, 5.41) is 9.53. The standard InChI is InChI=1S/C16H23N5O2S2/c1-13-5-7-14(8-6-13)21-15(20-10-3-4-11-20)18-19-16(21)24-12-9-17-25(2,22)23/h5-8,17H,3-4,9-12H2,1-2H3. The number of anilines is 1. The van der Waals surface area contributed by atoms with E-state index in [0.29, 0.717) is 12.3 Å². The van der Waals surface area contributed by atoms with Gasteiger partial charge in [-0.1, -0.05) is 29.5 Å². The van der Waals surface area contributed by atoms with Crippen LogP contribution in [0.25, 0.3) is 5.69 Å². The van der Waals surface area contributed by atoms with Crippen molar-refractivity contribution < 1.29 is 8.42 Å². The Hall–Kier alpha value is -1.58. The number of nitrogens with zero attached hydrogens (tertiary/aromatic N) is 4. The van der Waals surface area contributed by atoms with Crippen LogP contribution in [0, 0.1) is 6.92 Å². The molecule has 0 atom stereocenters. The monoisotopic (exact) mass is 381 g/mol. The molecule has 7 nitrogen and oxygen atoms in total. The number of aryl methyl sites for hydroxylation is 1. The number of hydrogen-bond acceptors (Lipinski definition) is 6. The van der Waals surface area contributed by atoms with E-state index in [-0.39, 0.29) is 0 Å². The molecule has 1 aromatic heterocycles. The van der Waals surface area contributed by atoms with Crippen molar-refractivity contribution in [3.8, 4) is 5.69 Å². The van der Waals surface area contributed by atoms with E-state index in [1.54, 1.807) is 0 Å². The van der Waals surface area contributed by atoms with E-state index in [1.165, 1.54) is 30.2 Å². The van der Waals surface area contributed by atoms with Crippen LogP contribution in [0.15, 0.2) is 29.4 Å². The fourth-order valence-corrected chi connectivity index (χ4v) is 4.17. The summed E-state index contributed by atoms with van der Waals surface area (Å²) in [5.41, 5.74) is 2.22. The molecule has 1 fully saturated rings. The van der Waals surface area contributed by atoms with Crippen molar-refractivity contribution in [3.63, 3.8) is 0 Å².